The van der Waals surface area contributed by atoms with Crippen molar-refractivity contribution in [3.63, 3.8) is 0 Å². The molecule has 1 aromatic heterocycles. The van der Waals surface area contributed by atoms with Gasteiger partial charge in [0.05, 0.1) is 18.5 Å². The molecule has 21 heavy (non-hydrogen) atoms. The molecule has 2 atom stereocenters. The van der Waals surface area contributed by atoms with Gasteiger partial charge in [0.1, 0.15) is 4.90 Å². The van der Waals surface area contributed by atoms with Crippen molar-refractivity contribution < 1.29 is 13.5 Å². The summed E-state index contributed by atoms with van der Waals surface area (Å²) in [4.78, 5) is 8.10. The Kier molecular flexibility index (Phi) is 5.13. The van der Waals surface area contributed by atoms with Crippen molar-refractivity contribution in [3.05, 3.63) is 12.4 Å². The summed E-state index contributed by atoms with van der Waals surface area (Å²) in [7, 11) is -3.64. The molecule has 7 nitrogen and oxygen atoms in total. The summed E-state index contributed by atoms with van der Waals surface area (Å²) in [5.41, 5.74) is 0. The SMILES string of the molecule is CCCNc1ncc(S(=O)(=O)N2CCC(C)C(O)C2)cn1. The highest BCUT2D eigenvalue weighted by atomic mass is 32.2. The second-order valence-electron chi connectivity index (χ2n) is 5.37. The third-order valence-electron chi connectivity index (χ3n) is 3.68. The minimum atomic E-state index is -3.64. The first kappa shape index (κ1) is 16.1. The average molecular weight is 314 g/mol. The molecule has 1 fully saturated rings. The van der Waals surface area contributed by atoms with E-state index in [9.17, 15) is 13.5 Å². The Labute approximate surface area is 125 Å². The van der Waals surface area contributed by atoms with E-state index in [1.54, 1.807) is 0 Å². The molecule has 2 N–H and O–H groups in total. The summed E-state index contributed by atoms with van der Waals surface area (Å²) < 4.78 is 26.3. The third-order valence-corrected chi connectivity index (χ3v) is 5.50. The van der Waals surface area contributed by atoms with Crippen LogP contribution in [0.1, 0.15) is 26.7 Å². The summed E-state index contributed by atoms with van der Waals surface area (Å²) in [5, 5.41) is 12.8. The van der Waals surface area contributed by atoms with Gasteiger partial charge in [-0.1, -0.05) is 13.8 Å². The van der Waals surface area contributed by atoms with E-state index in [-0.39, 0.29) is 17.4 Å². The Morgan fingerprint density at radius 2 is 2.10 bits per heavy atom. The number of nitrogens with zero attached hydrogens (tertiary/aromatic N) is 3. The molecule has 0 bridgehead atoms. The zero-order chi connectivity index (χ0) is 15.5. The number of anilines is 1. The van der Waals surface area contributed by atoms with Gasteiger partial charge in [0.25, 0.3) is 0 Å². The fourth-order valence-electron chi connectivity index (χ4n) is 2.16. The zero-order valence-electron chi connectivity index (χ0n) is 12.4. The Bertz CT molecular complexity index is 561. The van der Waals surface area contributed by atoms with E-state index >= 15 is 0 Å². The van der Waals surface area contributed by atoms with Crippen LogP contribution in [0.5, 0.6) is 0 Å². The van der Waals surface area contributed by atoms with E-state index in [1.165, 1.54) is 16.7 Å². The Morgan fingerprint density at radius 1 is 1.43 bits per heavy atom. The van der Waals surface area contributed by atoms with Crippen molar-refractivity contribution in [3.8, 4) is 0 Å². The van der Waals surface area contributed by atoms with Crippen molar-refractivity contribution in [2.45, 2.75) is 37.7 Å². The minimum Gasteiger partial charge on any atom is -0.391 e. The second kappa shape index (κ2) is 6.67. The molecular formula is C13H22N4O3S. The first-order chi connectivity index (χ1) is 9.95. The van der Waals surface area contributed by atoms with E-state index in [0.29, 0.717) is 18.9 Å². The molecule has 8 heteroatoms. The van der Waals surface area contributed by atoms with Gasteiger partial charge < -0.3 is 10.4 Å². The summed E-state index contributed by atoms with van der Waals surface area (Å²) in [5.74, 6) is 0.538. The summed E-state index contributed by atoms with van der Waals surface area (Å²) in [6, 6.07) is 0. The topological polar surface area (TPSA) is 95.4 Å². The van der Waals surface area contributed by atoms with Crippen LogP contribution in [-0.4, -0.2) is 53.5 Å². The van der Waals surface area contributed by atoms with E-state index in [2.05, 4.69) is 15.3 Å². The van der Waals surface area contributed by atoms with Crippen LogP contribution in [0.25, 0.3) is 0 Å². The molecule has 118 valence electrons. The summed E-state index contributed by atoms with van der Waals surface area (Å²) in [6.45, 7) is 5.22. The summed E-state index contributed by atoms with van der Waals surface area (Å²) in [6.07, 6.45) is 3.58. The van der Waals surface area contributed by atoms with E-state index in [4.69, 9.17) is 0 Å². The third kappa shape index (κ3) is 3.69. The fourth-order valence-corrected chi connectivity index (χ4v) is 3.53. The number of sulfonamides is 1. The molecule has 2 heterocycles. The number of hydrogen-bond donors (Lipinski definition) is 2. The van der Waals surface area contributed by atoms with Gasteiger partial charge in [-0.25, -0.2) is 18.4 Å². The monoisotopic (exact) mass is 314 g/mol. The fraction of sp³-hybridized carbons (Fsp3) is 0.692. The van der Waals surface area contributed by atoms with Crippen LogP contribution in [0.4, 0.5) is 5.95 Å². The van der Waals surface area contributed by atoms with E-state index in [1.807, 2.05) is 13.8 Å². The Balaban J connectivity index is 2.12. The average Bonchev–Trinajstić information content (AvgIpc) is 2.48. The highest BCUT2D eigenvalue weighted by Crippen LogP contribution is 2.23. The van der Waals surface area contributed by atoms with Gasteiger partial charge in [0, 0.05) is 19.6 Å². The smallest absolute Gasteiger partial charge is 0.246 e. The number of rotatable bonds is 5. The first-order valence-corrected chi connectivity index (χ1v) is 8.63. The maximum Gasteiger partial charge on any atom is 0.246 e. The highest BCUT2D eigenvalue weighted by Gasteiger charge is 2.33. The molecule has 2 unspecified atom stereocenters. The maximum atomic E-state index is 12.5. The molecule has 0 radical (unpaired) electrons. The number of hydrogen-bond acceptors (Lipinski definition) is 6. The van der Waals surface area contributed by atoms with Crippen LogP contribution < -0.4 is 5.32 Å². The lowest BCUT2D eigenvalue weighted by atomic mass is 9.98. The predicted octanol–water partition coefficient (Wildman–Crippen LogP) is 0.690. The Hall–Kier alpha value is -1.25. The lowest BCUT2D eigenvalue weighted by Gasteiger charge is -2.33. The molecule has 0 amide bonds. The van der Waals surface area contributed by atoms with Crippen LogP contribution >= 0.6 is 0 Å². The van der Waals surface area contributed by atoms with Crippen LogP contribution in [0.15, 0.2) is 17.3 Å². The van der Waals surface area contributed by atoms with Gasteiger partial charge in [-0.3, -0.25) is 0 Å². The predicted molar refractivity (Wildman–Crippen MR) is 79.4 cm³/mol. The van der Waals surface area contributed by atoms with Gasteiger partial charge in [-0.2, -0.15) is 4.31 Å². The molecule has 0 aliphatic carbocycles. The van der Waals surface area contributed by atoms with E-state index < -0.39 is 16.1 Å². The number of aliphatic hydroxyl groups is 1. The van der Waals surface area contributed by atoms with Crippen molar-refractivity contribution in [1.82, 2.24) is 14.3 Å². The van der Waals surface area contributed by atoms with Crippen molar-refractivity contribution in [2.24, 2.45) is 5.92 Å². The van der Waals surface area contributed by atoms with Crippen LogP contribution in [0.2, 0.25) is 0 Å². The molecule has 2 rings (SSSR count). The maximum absolute atomic E-state index is 12.5. The van der Waals surface area contributed by atoms with Gasteiger partial charge in [0.15, 0.2) is 0 Å². The van der Waals surface area contributed by atoms with Gasteiger partial charge in [-0.15, -0.1) is 0 Å². The number of β-amino-alcohol motifs (C(OH)–C–C–N with tert-alkyl or cyclic N) is 1. The number of aliphatic hydroxyl groups excluding tert-OH is 1. The van der Waals surface area contributed by atoms with Crippen LogP contribution in [-0.2, 0) is 10.0 Å². The van der Waals surface area contributed by atoms with Gasteiger partial charge in [0.2, 0.25) is 16.0 Å². The molecule has 0 aromatic carbocycles. The minimum absolute atomic E-state index is 0.0614. The van der Waals surface area contributed by atoms with Gasteiger partial charge in [-0.05, 0) is 18.8 Å². The van der Waals surface area contributed by atoms with E-state index in [0.717, 1.165) is 13.0 Å². The molecule has 1 aromatic rings. The lowest BCUT2D eigenvalue weighted by molar-refractivity contribution is 0.0605. The molecule has 1 aliphatic heterocycles. The molecular weight excluding hydrogens is 292 g/mol. The standard InChI is InChI=1S/C13H22N4O3S/c1-3-5-14-13-15-7-11(8-16-13)21(19,20)17-6-4-10(2)12(18)9-17/h7-8,10,12,18H,3-6,9H2,1-2H3,(H,14,15,16). The number of aromatic nitrogens is 2. The van der Waals surface area contributed by atoms with Crippen LogP contribution in [0.3, 0.4) is 0 Å². The molecule has 0 saturated carbocycles. The largest absolute Gasteiger partial charge is 0.391 e. The summed E-state index contributed by atoms with van der Waals surface area (Å²) >= 11 is 0. The van der Waals surface area contributed by atoms with Crippen LogP contribution in [0, 0.1) is 5.92 Å². The molecule has 1 saturated heterocycles. The van der Waals surface area contributed by atoms with Crippen molar-refractivity contribution >= 4 is 16.0 Å². The quantitative estimate of drug-likeness (QED) is 0.830. The van der Waals surface area contributed by atoms with Crippen molar-refractivity contribution in [1.29, 1.82) is 0 Å². The van der Waals surface area contributed by atoms with Gasteiger partial charge >= 0.3 is 0 Å². The second-order valence-corrected chi connectivity index (χ2v) is 7.30. The lowest BCUT2D eigenvalue weighted by Crippen LogP contribution is -2.45. The zero-order valence-corrected chi connectivity index (χ0v) is 13.2. The molecule has 0 spiro atoms. The highest BCUT2D eigenvalue weighted by molar-refractivity contribution is 7.89. The normalized spacial score (nSPS) is 24.0. The number of piperidine rings is 1. The van der Waals surface area contributed by atoms with Crippen molar-refractivity contribution in [2.75, 3.05) is 25.0 Å². The number of nitrogens with one attached hydrogen (secondary N) is 1. The Morgan fingerprint density at radius 3 is 2.67 bits per heavy atom. The molecule has 1 aliphatic rings. The first-order valence-electron chi connectivity index (χ1n) is 7.19.